The van der Waals surface area contributed by atoms with E-state index in [1.54, 1.807) is 19.3 Å². The number of hydrogen-bond donors (Lipinski definition) is 1. The van der Waals surface area contributed by atoms with E-state index in [1.807, 2.05) is 13.8 Å². The van der Waals surface area contributed by atoms with Crippen molar-refractivity contribution in [3.05, 3.63) is 0 Å². The quantitative estimate of drug-likeness (QED) is 0.620. The van der Waals surface area contributed by atoms with Crippen LogP contribution in [-0.4, -0.2) is 35.2 Å². The summed E-state index contributed by atoms with van der Waals surface area (Å²) in [6, 6.07) is 0.468. The number of fused-ring (bicyclic) bond motifs is 6. The molecule has 160 valence electrons. The van der Waals surface area contributed by atoms with Crippen molar-refractivity contribution in [2.45, 2.75) is 104 Å². The molecule has 0 amide bonds. The zero-order chi connectivity index (χ0) is 19.7. The Labute approximate surface area is 173 Å². The van der Waals surface area contributed by atoms with Crippen molar-refractivity contribution in [3.63, 3.8) is 0 Å². The Balaban J connectivity index is 0.000000829. The molecule has 10 atom stereocenters. The Kier molecular flexibility index (Phi) is 4.95. The average molecular weight is 388 g/mol. The molecule has 0 aromatic heterocycles. The summed E-state index contributed by atoms with van der Waals surface area (Å²) in [5, 5.41) is 11.4. The molecule has 5 saturated carbocycles. The van der Waals surface area contributed by atoms with Gasteiger partial charge in [-0.05, 0) is 124 Å². The number of aliphatic hydroxyl groups is 1. The van der Waals surface area contributed by atoms with Crippen LogP contribution in [0.2, 0.25) is 0 Å². The minimum atomic E-state index is -0.0729. The minimum Gasteiger partial charge on any atom is -0.391 e. The number of likely N-dealkylation sites (tertiary alicyclic amines) is 1. The zero-order valence-electron chi connectivity index (χ0n) is 19.0. The monoisotopic (exact) mass is 387 g/mol. The molecule has 6 rings (SSSR count). The van der Waals surface area contributed by atoms with Crippen molar-refractivity contribution in [3.8, 4) is 0 Å². The van der Waals surface area contributed by atoms with Gasteiger partial charge in [0.05, 0.1) is 6.10 Å². The van der Waals surface area contributed by atoms with E-state index in [0.29, 0.717) is 11.5 Å². The molecule has 6 aliphatic rings. The first-order valence-electron chi connectivity index (χ1n) is 12.9. The highest BCUT2D eigenvalue weighted by Gasteiger charge is 2.64. The Morgan fingerprint density at radius 3 is 2.32 bits per heavy atom. The molecule has 1 heterocycles. The van der Waals surface area contributed by atoms with E-state index >= 15 is 0 Å². The van der Waals surface area contributed by atoms with Crippen LogP contribution in [0.15, 0.2) is 0 Å². The van der Waals surface area contributed by atoms with Gasteiger partial charge in [0.1, 0.15) is 0 Å². The van der Waals surface area contributed by atoms with E-state index < -0.39 is 0 Å². The molecule has 5 aliphatic carbocycles. The van der Waals surface area contributed by atoms with Crippen LogP contribution in [0.25, 0.3) is 0 Å². The smallest absolute Gasteiger partial charge is 0.0751 e. The van der Waals surface area contributed by atoms with E-state index in [2.05, 4.69) is 18.7 Å². The van der Waals surface area contributed by atoms with Gasteiger partial charge in [-0.25, -0.2) is 0 Å². The summed E-state index contributed by atoms with van der Waals surface area (Å²) in [4.78, 5) is 2.66. The van der Waals surface area contributed by atoms with Gasteiger partial charge in [-0.1, -0.05) is 27.7 Å². The molecule has 0 bridgehead atoms. The SMILES string of the molecule is CC.CC12C[C@H]3C[C@H]3CC1CCC1C2CCC2(C)C(O)C(N3CCCC3)CC12. The molecule has 1 saturated heterocycles. The van der Waals surface area contributed by atoms with E-state index in [-0.39, 0.29) is 11.5 Å². The summed E-state index contributed by atoms with van der Waals surface area (Å²) < 4.78 is 0. The Morgan fingerprint density at radius 1 is 0.821 bits per heavy atom. The summed E-state index contributed by atoms with van der Waals surface area (Å²) in [7, 11) is 0. The first kappa shape index (κ1) is 19.9. The van der Waals surface area contributed by atoms with Gasteiger partial charge in [0.15, 0.2) is 0 Å². The maximum atomic E-state index is 11.4. The predicted octanol–water partition coefficient (Wildman–Crippen LogP) is 5.74. The van der Waals surface area contributed by atoms with Gasteiger partial charge in [-0.2, -0.15) is 0 Å². The maximum absolute atomic E-state index is 11.4. The summed E-state index contributed by atoms with van der Waals surface area (Å²) >= 11 is 0. The number of aliphatic hydroxyl groups excluding tert-OH is 1. The van der Waals surface area contributed by atoms with Crippen molar-refractivity contribution in [2.24, 2.45) is 46.3 Å². The molecule has 2 heteroatoms. The Hall–Kier alpha value is -0.0800. The summed E-state index contributed by atoms with van der Waals surface area (Å²) in [6.45, 7) is 11.7. The fraction of sp³-hybridized carbons (Fsp3) is 1.00. The van der Waals surface area contributed by atoms with Crippen LogP contribution < -0.4 is 0 Å². The molecule has 6 fully saturated rings. The molecular formula is C26H45NO. The van der Waals surface area contributed by atoms with Crippen molar-refractivity contribution in [1.82, 2.24) is 4.90 Å². The fourth-order valence-corrected chi connectivity index (χ4v) is 9.43. The summed E-state index contributed by atoms with van der Waals surface area (Å²) in [5.41, 5.74) is 0.840. The lowest BCUT2D eigenvalue weighted by atomic mass is 9.45. The predicted molar refractivity (Wildman–Crippen MR) is 116 cm³/mol. The normalized spacial score (nSPS) is 57.3. The van der Waals surface area contributed by atoms with Crippen LogP contribution in [0.5, 0.6) is 0 Å². The van der Waals surface area contributed by atoms with Gasteiger partial charge in [-0.3, -0.25) is 4.90 Å². The number of nitrogens with zero attached hydrogens (tertiary/aromatic N) is 1. The molecule has 1 N–H and O–H groups in total. The third kappa shape index (κ3) is 2.72. The highest BCUT2D eigenvalue weighted by atomic mass is 16.3. The second kappa shape index (κ2) is 6.98. The van der Waals surface area contributed by atoms with Gasteiger partial charge >= 0.3 is 0 Å². The zero-order valence-corrected chi connectivity index (χ0v) is 19.0. The van der Waals surface area contributed by atoms with E-state index in [9.17, 15) is 5.11 Å². The van der Waals surface area contributed by atoms with Crippen LogP contribution in [0, 0.1) is 46.3 Å². The van der Waals surface area contributed by atoms with E-state index in [4.69, 9.17) is 0 Å². The highest BCUT2D eigenvalue weighted by molar-refractivity contribution is 5.14. The second-order valence-electron chi connectivity index (χ2n) is 11.9. The lowest BCUT2D eigenvalue weighted by Crippen LogP contribution is -2.54. The van der Waals surface area contributed by atoms with Crippen molar-refractivity contribution in [2.75, 3.05) is 13.1 Å². The molecular weight excluding hydrogens is 342 g/mol. The summed E-state index contributed by atoms with van der Waals surface area (Å²) in [6.07, 6.45) is 14.3. The van der Waals surface area contributed by atoms with Crippen LogP contribution in [0.1, 0.15) is 91.9 Å². The standard InChI is InChI=1S/C24H39NO.C2H6/c1-23-8-7-19-18(6-5-17-12-15-11-16(15)14-24(17,19)2)20(23)13-21(22(23)26)25-9-3-4-10-25;1-2/h15-22,26H,3-14H2,1-2H3;1-2H3/t15-,16+,17?,18?,19?,20?,21?,22?,23?,24?;/m0./s1. The molecule has 0 aromatic carbocycles. The molecule has 0 aromatic rings. The Bertz CT molecular complexity index is 585. The number of rotatable bonds is 1. The third-order valence-corrected chi connectivity index (χ3v) is 11.0. The van der Waals surface area contributed by atoms with Gasteiger partial charge < -0.3 is 5.11 Å². The van der Waals surface area contributed by atoms with Crippen LogP contribution >= 0.6 is 0 Å². The molecule has 0 spiro atoms. The highest BCUT2D eigenvalue weighted by Crippen LogP contribution is 2.70. The van der Waals surface area contributed by atoms with Crippen LogP contribution in [0.3, 0.4) is 0 Å². The largest absolute Gasteiger partial charge is 0.391 e. The maximum Gasteiger partial charge on any atom is 0.0751 e. The Morgan fingerprint density at radius 2 is 1.57 bits per heavy atom. The summed E-state index contributed by atoms with van der Waals surface area (Å²) in [5.74, 6) is 5.90. The average Bonchev–Trinajstić information content (AvgIpc) is 3.10. The lowest BCUT2D eigenvalue weighted by molar-refractivity contribution is -0.123. The van der Waals surface area contributed by atoms with Crippen LogP contribution in [0.4, 0.5) is 0 Å². The van der Waals surface area contributed by atoms with Gasteiger partial charge in [-0.15, -0.1) is 0 Å². The first-order valence-corrected chi connectivity index (χ1v) is 12.9. The number of hydrogen-bond acceptors (Lipinski definition) is 2. The molecule has 28 heavy (non-hydrogen) atoms. The van der Waals surface area contributed by atoms with Crippen LogP contribution in [-0.2, 0) is 0 Å². The van der Waals surface area contributed by atoms with Crippen molar-refractivity contribution < 1.29 is 5.11 Å². The third-order valence-electron chi connectivity index (χ3n) is 11.0. The fourth-order valence-electron chi connectivity index (χ4n) is 9.43. The lowest BCUT2D eigenvalue weighted by Gasteiger charge is -2.60. The van der Waals surface area contributed by atoms with Crippen molar-refractivity contribution >= 4 is 0 Å². The van der Waals surface area contributed by atoms with E-state index in [1.165, 1.54) is 58.0 Å². The minimum absolute atomic E-state index is 0.0729. The second-order valence-corrected chi connectivity index (χ2v) is 11.9. The first-order chi connectivity index (χ1) is 13.5. The van der Waals surface area contributed by atoms with Crippen molar-refractivity contribution in [1.29, 1.82) is 0 Å². The molecule has 0 radical (unpaired) electrons. The van der Waals surface area contributed by atoms with Gasteiger partial charge in [0.2, 0.25) is 0 Å². The molecule has 8 unspecified atom stereocenters. The topological polar surface area (TPSA) is 23.5 Å². The van der Waals surface area contributed by atoms with Gasteiger partial charge in [0.25, 0.3) is 0 Å². The van der Waals surface area contributed by atoms with E-state index in [0.717, 1.165) is 35.5 Å². The van der Waals surface area contributed by atoms with Gasteiger partial charge in [0, 0.05) is 6.04 Å². The molecule has 2 nitrogen and oxygen atoms in total. The molecule has 1 aliphatic heterocycles.